The molecule has 0 saturated carbocycles. The SMILES string of the molecule is CC1CCN(c2cc(NC(=O)c3c(F)cccc3F)ncn2)CC1. The second kappa shape index (κ2) is 6.90. The van der Waals surface area contributed by atoms with Gasteiger partial charge in [-0.05, 0) is 30.9 Å². The topological polar surface area (TPSA) is 58.1 Å². The summed E-state index contributed by atoms with van der Waals surface area (Å²) in [5.41, 5.74) is -0.621. The third kappa shape index (κ3) is 3.50. The highest BCUT2D eigenvalue weighted by molar-refractivity contribution is 6.04. The quantitative estimate of drug-likeness (QED) is 0.937. The van der Waals surface area contributed by atoms with Crippen molar-refractivity contribution in [3.05, 3.63) is 47.8 Å². The van der Waals surface area contributed by atoms with Gasteiger partial charge in [0.25, 0.3) is 5.91 Å². The van der Waals surface area contributed by atoms with Crippen LogP contribution in [-0.2, 0) is 0 Å². The Kier molecular flexibility index (Phi) is 4.69. The van der Waals surface area contributed by atoms with Crippen molar-refractivity contribution in [3.8, 4) is 0 Å². The van der Waals surface area contributed by atoms with E-state index in [9.17, 15) is 13.6 Å². The molecule has 3 rings (SSSR count). The van der Waals surface area contributed by atoms with Gasteiger partial charge in [-0.2, -0.15) is 0 Å². The monoisotopic (exact) mass is 332 g/mol. The smallest absolute Gasteiger partial charge is 0.262 e. The molecule has 5 nitrogen and oxygen atoms in total. The summed E-state index contributed by atoms with van der Waals surface area (Å²) in [7, 11) is 0. The fraction of sp³-hybridized carbons (Fsp3) is 0.353. The van der Waals surface area contributed by atoms with E-state index in [0.29, 0.717) is 11.7 Å². The van der Waals surface area contributed by atoms with Crippen molar-refractivity contribution in [1.29, 1.82) is 0 Å². The van der Waals surface area contributed by atoms with Crippen molar-refractivity contribution < 1.29 is 13.6 Å². The lowest BCUT2D eigenvalue weighted by Crippen LogP contribution is -2.33. The van der Waals surface area contributed by atoms with Crippen LogP contribution < -0.4 is 10.2 Å². The van der Waals surface area contributed by atoms with Crippen LogP contribution in [0.4, 0.5) is 20.4 Å². The normalized spacial score (nSPS) is 15.4. The number of benzene rings is 1. The molecule has 1 aliphatic heterocycles. The predicted octanol–water partition coefficient (Wildman–Crippen LogP) is 3.24. The number of hydrogen-bond donors (Lipinski definition) is 1. The van der Waals surface area contributed by atoms with Crippen LogP contribution in [0.15, 0.2) is 30.6 Å². The lowest BCUT2D eigenvalue weighted by atomic mass is 9.99. The molecule has 2 heterocycles. The summed E-state index contributed by atoms with van der Waals surface area (Å²) >= 11 is 0. The molecular weight excluding hydrogens is 314 g/mol. The first-order valence-electron chi connectivity index (χ1n) is 7.87. The molecule has 0 unspecified atom stereocenters. The van der Waals surface area contributed by atoms with E-state index in [2.05, 4.69) is 27.1 Å². The number of nitrogens with zero attached hydrogens (tertiary/aromatic N) is 3. The van der Waals surface area contributed by atoms with Crippen LogP contribution in [0.3, 0.4) is 0 Å². The number of anilines is 2. The molecule has 1 amide bonds. The fourth-order valence-corrected chi connectivity index (χ4v) is 2.72. The molecule has 0 atom stereocenters. The Bertz CT molecular complexity index is 725. The van der Waals surface area contributed by atoms with E-state index in [1.807, 2.05) is 0 Å². The van der Waals surface area contributed by atoms with Crippen LogP contribution in [0, 0.1) is 17.6 Å². The largest absolute Gasteiger partial charge is 0.356 e. The van der Waals surface area contributed by atoms with Gasteiger partial charge in [-0.1, -0.05) is 13.0 Å². The van der Waals surface area contributed by atoms with Gasteiger partial charge in [-0.15, -0.1) is 0 Å². The summed E-state index contributed by atoms with van der Waals surface area (Å²) in [6, 6.07) is 4.91. The van der Waals surface area contributed by atoms with Crippen LogP contribution in [0.2, 0.25) is 0 Å². The second-order valence-electron chi connectivity index (χ2n) is 5.98. The number of hydrogen-bond acceptors (Lipinski definition) is 4. The zero-order valence-corrected chi connectivity index (χ0v) is 13.3. The summed E-state index contributed by atoms with van der Waals surface area (Å²) < 4.78 is 27.3. The van der Waals surface area contributed by atoms with E-state index in [4.69, 9.17) is 0 Å². The van der Waals surface area contributed by atoms with Crippen LogP contribution >= 0.6 is 0 Å². The van der Waals surface area contributed by atoms with Crippen molar-refractivity contribution in [2.75, 3.05) is 23.3 Å². The van der Waals surface area contributed by atoms with E-state index < -0.39 is 23.1 Å². The molecule has 1 aromatic carbocycles. The first-order valence-corrected chi connectivity index (χ1v) is 7.87. The molecule has 0 aliphatic carbocycles. The average molecular weight is 332 g/mol. The molecule has 126 valence electrons. The average Bonchev–Trinajstić information content (AvgIpc) is 2.55. The number of amides is 1. The van der Waals surface area contributed by atoms with E-state index in [-0.39, 0.29) is 5.82 Å². The van der Waals surface area contributed by atoms with Crippen LogP contribution in [-0.4, -0.2) is 29.0 Å². The third-order valence-corrected chi connectivity index (χ3v) is 4.19. The maximum Gasteiger partial charge on any atom is 0.262 e. The minimum absolute atomic E-state index is 0.214. The maximum absolute atomic E-state index is 13.7. The number of nitrogens with one attached hydrogen (secondary N) is 1. The highest BCUT2D eigenvalue weighted by Crippen LogP contribution is 2.22. The van der Waals surface area contributed by atoms with Gasteiger partial charge in [-0.3, -0.25) is 4.79 Å². The molecule has 1 aliphatic rings. The van der Waals surface area contributed by atoms with Crippen LogP contribution in [0.5, 0.6) is 0 Å². The minimum atomic E-state index is -0.910. The van der Waals surface area contributed by atoms with Gasteiger partial charge in [-0.25, -0.2) is 18.7 Å². The maximum atomic E-state index is 13.7. The summed E-state index contributed by atoms with van der Waals surface area (Å²) in [5, 5.41) is 2.43. The van der Waals surface area contributed by atoms with Crippen molar-refractivity contribution in [1.82, 2.24) is 9.97 Å². The standard InChI is InChI=1S/C17H18F2N4O/c1-11-5-7-23(8-6-11)15-9-14(20-10-21-15)22-17(24)16-12(18)3-2-4-13(16)19/h2-4,9-11H,5-8H2,1H3,(H,20,21,22,24). The molecule has 1 aromatic heterocycles. The van der Waals surface area contributed by atoms with Gasteiger partial charge in [0, 0.05) is 19.2 Å². The molecule has 0 bridgehead atoms. The van der Waals surface area contributed by atoms with Gasteiger partial charge >= 0.3 is 0 Å². The fourth-order valence-electron chi connectivity index (χ4n) is 2.72. The van der Waals surface area contributed by atoms with E-state index in [1.165, 1.54) is 12.4 Å². The number of halogens is 2. The Hall–Kier alpha value is -2.57. The molecule has 7 heteroatoms. The zero-order valence-electron chi connectivity index (χ0n) is 13.3. The molecule has 1 N–H and O–H groups in total. The molecule has 2 aromatic rings. The highest BCUT2D eigenvalue weighted by atomic mass is 19.1. The van der Waals surface area contributed by atoms with Crippen molar-refractivity contribution >= 4 is 17.5 Å². The lowest BCUT2D eigenvalue weighted by Gasteiger charge is -2.31. The first-order chi connectivity index (χ1) is 11.5. The second-order valence-corrected chi connectivity index (χ2v) is 5.98. The van der Waals surface area contributed by atoms with Crippen LogP contribution in [0.1, 0.15) is 30.1 Å². The molecule has 0 spiro atoms. The Morgan fingerprint density at radius 3 is 2.54 bits per heavy atom. The molecular formula is C17H18F2N4O. The molecule has 1 fully saturated rings. The van der Waals surface area contributed by atoms with Crippen molar-refractivity contribution in [2.24, 2.45) is 5.92 Å². The number of piperidine rings is 1. The van der Waals surface area contributed by atoms with Crippen LogP contribution in [0.25, 0.3) is 0 Å². The lowest BCUT2D eigenvalue weighted by molar-refractivity contribution is 0.101. The van der Waals surface area contributed by atoms with Crippen molar-refractivity contribution in [2.45, 2.75) is 19.8 Å². The number of aromatic nitrogens is 2. The minimum Gasteiger partial charge on any atom is -0.356 e. The predicted molar refractivity (Wildman–Crippen MR) is 87.0 cm³/mol. The van der Waals surface area contributed by atoms with E-state index in [1.54, 1.807) is 6.07 Å². The zero-order chi connectivity index (χ0) is 17.1. The number of rotatable bonds is 3. The number of carbonyl (C=O) groups is 1. The Morgan fingerprint density at radius 1 is 1.21 bits per heavy atom. The summed E-state index contributed by atoms with van der Waals surface area (Å²) in [6.45, 7) is 3.98. The van der Waals surface area contributed by atoms with E-state index in [0.717, 1.165) is 38.1 Å². The molecule has 0 radical (unpaired) electrons. The van der Waals surface area contributed by atoms with E-state index >= 15 is 0 Å². The van der Waals surface area contributed by atoms with Gasteiger partial charge in [0.1, 0.15) is 35.2 Å². The van der Waals surface area contributed by atoms with Gasteiger partial charge < -0.3 is 10.2 Å². The Balaban J connectivity index is 1.76. The highest BCUT2D eigenvalue weighted by Gasteiger charge is 2.20. The van der Waals surface area contributed by atoms with Gasteiger partial charge in [0.05, 0.1) is 0 Å². The molecule has 1 saturated heterocycles. The summed E-state index contributed by atoms with van der Waals surface area (Å²) in [6.07, 6.45) is 3.49. The van der Waals surface area contributed by atoms with Crippen molar-refractivity contribution in [3.63, 3.8) is 0 Å². The van der Waals surface area contributed by atoms with Gasteiger partial charge in [0.2, 0.25) is 0 Å². The summed E-state index contributed by atoms with van der Waals surface area (Å²) in [5.74, 6) is -1.10. The number of carbonyl (C=O) groups excluding carboxylic acids is 1. The summed E-state index contributed by atoms with van der Waals surface area (Å²) in [4.78, 5) is 22.4. The van der Waals surface area contributed by atoms with Gasteiger partial charge in [0.15, 0.2) is 0 Å². The Morgan fingerprint density at radius 2 is 1.88 bits per heavy atom. The molecule has 24 heavy (non-hydrogen) atoms. The Labute approximate surface area is 138 Å². The third-order valence-electron chi connectivity index (χ3n) is 4.19. The first kappa shape index (κ1) is 16.3.